The number of rotatable bonds is 8. The van der Waals surface area contributed by atoms with Gasteiger partial charge in [0.15, 0.2) is 11.4 Å². The maximum absolute atomic E-state index is 15.2. The summed E-state index contributed by atoms with van der Waals surface area (Å²) in [4.78, 5) is 0. The van der Waals surface area contributed by atoms with Gasteiger partial charge in [-0.2, -0.15) is 35.1 Å². The number of hydrogen-bond donors (Lipinski definition) is 0. The Morgan fingerprint density at radius 2 is 1.29 bits per heavy atom. The number of halogens is 13. The van der Waals surface area contributed by atoms with Crippen molar-refractivity contribution >= 4 is 0 Å². The monoisotopic (exact) mass is 486 g/mol. The number of allylic oxidation sites excluding steroid dienone is 1. The molecular weight excluding hydrogens is 475 g/mol. The van der Waals surface area contributed by atoms with Crippen molar-refractivity contribution in [2.45, 2.75) is 55.7 Å². The second kappa shape index (κ2) is 8.41. The van der Waals surface area contributed by atoms with Crippen LogP contribution in [0.2, 0.25) is 0 Å². The Kier molecular flexibility index (Phi) is 7.83. The Morgan fingerprint density at radius 1 is 0.839 bits per heavy atom. The lowest BCUT2D eigenvalue weighted by molar-refractivity contribution is -0.537. The highest BCUT2D eigenvalue weighted by atomic mass is 19.4. The summed E-state index contributed by atoms with van der Waals surface area (Å²) in [6.45, 7) is 4.24. The first kappa shape index (κ1) is 28.9. The maximum atomic E-state index is 15.2. The van der Waals surface area contributed by atoms with Gasteiger partial charge in [0.2, 0.25) is 0 Å². The number of hydrogen-bond acceptors (Lipinski definition) is 3. The molecule has 0 bridgehead atoms. The molecule has 0 aromatic rings. The van der Waals surface area contributed by atoms with Crippen molar-refractivity contribution < 1.29 is 71.3 Å². The summed E-state index contributed by atoms with van der Waals surface area (Å²) in [5, 5.41) is 0. The molecule has 0 saturated carbocycles. The lowest BCUT2D eigenvalue weighted by atomic mass is 9.79. The van der Waals surface area contributed by atoms with Crippen molar-refractivity contribution in [1.82, 2.24) is 0 Å². The fraction of sp³-hybridized carbons (Fsp3) is 0.600. The van der Waals surface area contributed by atoms with Gasteiger partial charge in [0.1, 0.15) is 6.11 Å². The van der Waals surface area contributed by atoms with Gasteiger partial charge < -0.3 is 4.74 Å². The molecule has 0 aromatic carbocycles. The third-order valence-corrected chi connectivity index (χ3v) is 3.33. The van der Waals surface area contributed by atoms with Crippen LogP contribution in [0.4, 0.5) is 57.1 Å². The summed E-state index contributed by atoms with van der Waals surface area (Å²) in [5.41, 5.74) is -10.8. The molecule has 2 atom stereocenters. The molecule has 0 radical (unpaired) electrons. The first-order valence-electron chi connectivity index (χ1n) is 7.23. The molecular formula is C15H11F13O3. The van der Waals surface area contributed by atoms with Crippen LogP contribution in [0, 0.1) is 12.0 Å². The average Bonchev–Trinajstić information content (AvgIpc) is 2.49. The van der Waals surface area contributed by atoms with Crippen molar-refractivity contribution in [2.24, 2.45) is 0 Å². The largest absolute Gasteiger partial charge is 0.527 e. The van der Waals surface area contributed by atoms with E-state index in [1.54, 1.807) is 12.5 Å². The van der Waals surface area contributed by atoms with Gasteiger partial charge in [0, 0.05) is 0 Å². The summed E-state index contributed by atoms with van der Waals surface area (Å²) in [5.74, 6) is -8.82. The van der Waals surface area contributed by atoms with E-state index in [1.165, 1.54) is 6.11 Å². The molecule has 0 rings (SSSR count). The van der Waals surface area contributed by atoms with Crippen LogP contribution in [-0.2, 0) is 14.2 Å². The molecule has 16 heteroatoms. The predicted octanol–water partition coefficient (Wildman–Crippen LogP) is 6.09. The zero-order chi connectivity index (χ0) is 25.3. The lowest BCUT2D eigenvalue weighted by Gasteiger charge is -2.48. The SMILES string of the molecule is C=CC#COC(C)(C)C(F)(C(F)(F)F)C(F)(OC(F)(F)C(=C)F)C(F)(F)OC(F)(F)F. The van der Waals surface area contributed by atoms with Crippen LogP contribution in [0.3, 0.4) is 0 Å². The first-order valence-corrected chi connectivity index (χ1v) is 7.23. The molecule has 2 unspecified atom stereocenters. The normalized spacial score (nSPS) is 17.6. The molecule has 31 heavy (non-hydrogen) atoms. The van der Waals surface area contributed by atoms with E-state index in [9.17, 15) is 52.7 Å². The van der Waals surface area contributed by atoms with Crippen molar-refractivity contribution in [3.05, 3.63) is 25.1 Å². The second-order valence-corrected chi connectivity index (χ2v) is 5.90. The molecule has 0 heterocycles. The Bertz CT molecular complexity index is 744. The van der Waals surface area contributed by atoms with Crippen molar-refractivity contribution in [3.8, 4) is 12.0 Å². The van der Waals surface area contributed by atoms with Gasteiger partial charge in [-0.3, -0.25) is 4.74 Å². The average molecular weight is 486 g/mol. The summed E-state index contributed by atoms with van der Waals surface area (Å²) in [6.07, 6.45) is -25.5. The van der Waals surface area contributed by atoms with Gasteiger partial charge in [-0.25, -0.2) is 13.5 Å². The van der Waals surface area contributed by atoms with Crippen LogP contribution < -0.4 is 0 Å². The van der Waals surface area contributed by atoms with E-state index in [-0.39, 0.29) is 13.8 Å². The fourth-order valence-electron chi connectivity index (χ4n) is 1.95. The molecule has 0 aromatic heterocycles. The standard InChI is InChI=1S/C15H11F13O3/c1-5-6-7-29-9(3,4)11(19,13(21,22)23)12(20,30-10(17,18)8(2)16)14(24,25)31-15(26,27)28/h5H,1-2H2,3-4H3. The topological polar surface area (TPSA) is 27.7 Å². The van der Waals surface area contributed by atoms with Crippen LogP contribution in [0.1, 0.15) is 13.8 Å². The molecule has 0 aliphatic heterocycles. The molecule has 0 amide bonds. The highest BCUT2D eigenvalue weighted by Gasteiger charge is 2.89. The molecule has 3 nitrogen and oxygen atoms in total. The van der Waals surface area contributed by atoms with Gasteiger partial charge >= 0.3 is 36.3 Å². The molecule has 0 aliphatic carbocycles. The Hall–Kier alpha value is -2.15. The second-order valence-electron chi connectivity index (χ2n) is 5.90. The molecule has 0 saturated heterocycles. The van der Waals surface area contributed by atoms with E-state index < -0.39 is 47.7 Å². The van der Waals surface area contributed by atoms with Crippen LogP contribution in [0.25, 0.3) is 0 Å². The predicted molar refractivity (Wildman–Crippen MR) is 75.2 cm³/mol. The fourth-order valence-corrected chi connectivity index (χ4v) is 1.95. The van der Waals surface area contributed by atoms with E-state index in [0.29, 0.717) is 6.08 Å². The van der Waals surface area contributed by atoms with E-state index >= 15 is 4.39 Å². The minimum atomic E-state index is -7.22. The smallest absolute Gasteiger partial charge is 0.436 e. The van der Waals surface area contributed by atoms with Crippen LogP contribution in [-0.4, -0.2) is 41.9 Å². The Morgan fingerprint density at radius 3 is 1.61 bits per heavy atom. The van der Waals surface area contributed by atoms with E-state index in [1.807, 2.05) is 4.74 Å². The summed E-state index contributed by atoms with van der Waals surface area (Å²) in [7, 11) is 0. The summed E-state index contributed by atoms with van der Waals surface area (Å²) >= 11 is 0. The van der Waals surface area contributed by atoms with Gasteiger partial charge in [0.25, 0.3) is 0 Å². The number of alkyl halides is 12. The number of ether oxygens (including phenoxy) is 3. The summed E-state index contributed by atoms with van der Waals surface area (Å²) in [6, 6.07) is 0. The van der Waals surface area contributed by atoms with E-state index in [2.05, 4.69) is 16.1 Å². The van der Waals surface area contributed by atoms with Gasteiger partial charge in [-0.05, 0) is 25.8 Å². The highest BCUT2D eigenvalue weighted by molar-refractivity contribution is 5.17. The Balaban J connectivity index is 7.27. The lowest BCUT2D eigenvalue weighted by Crippen LogP contribution is -2.76. The van der Waals surface area contributed by atoms with Crippen LogP contribution in [0.5, 0.6) is 0 Å². The molecule has 180 valence electrons. The van der Waals surface area contributed by atoms with Gasteiger partial charge in [0.05, 0.1) is 0 Å². The Labute approximate surface area is 165 Å². The van der Waals surface area contributed by atoms with Gasteiger partial charge in [-0.15, -0.1) is 13.2 Å². The highest BCUT2D eigenvalue weighted by Crippen LogP contribution is 2.60. The van der Waals surface area contributed by atoms with Gasteiger partial charge in [-0.1, -0.05) is 13.2 Å². The van der Waals surface area contributed by atoms with E-state index in [4.69, 9.17) is 0 Å². The zero-order valence-electron chi connectivity index (χ0n) is 15.1. The maximum Gasteiger partial charge on any atom is 0.527 e. The first-order chi connectivity index (χ1) is 13.4. The molecule has 0 N–H and O–H groups in total. The van der Waals surface area contributed by atoms with Crippen molar-refractivity contribution in [1.29, 1.82) is 0 Å². The van der Waals surface area contributed by atoms with Crippen LogP contribution in [0.15, 0.2) is 25.1 Å². The zero-order valence-corrected chi connectivity index (χ0v) is 15.1. The van der Waals surface area contributed by atoms with E-state index in [0.717, 1.165) is 0 Å². The van der Waals surface area contributed by atoms with Crippen LogP contribution >= 0.6 is 0 Å². The van der Waals surface area contributed by atoms with Crippen molar-refractivity contribution in [3.63, 3.8) is 0 Å². The van der Waals surface area contributed by atoms with Crippen molar-refractivity contribution in [2.75, 3.05) is 0 Å². The third-order valence-electron chi connectivity index (χ3n) is 3.33. The minimum absolute atomic E-state index is 0.206. The quantitative estimate of drug-likeness (QED) is 0.307. The third kappa shape index (κ3) is 5.56. The molecule has 0 aliphatic rings. The molecule has 0 fully saturated rings. The molecule has 0 spiro atoms. The summed E-state index contributed by atoms with van der Waals surface area (Å²) < 4.78 is 183. The minimum Gasteiger partial charge on any atom is -0.436 e.